The molecule has 2 aliphatic heterocycles. The zero-order valence-corrected chi connectivity index (χ0v) is 17.0. The number of alkyl halides is 3. The number of amides is 1. The van der Waals surface area contributed by atoms with Gasteiger partial charge in [0.25, 0.3) is 0 Å². The average molecular weight is 431 g/mol. The van der Waals surface area contributed by atoms with Crippen molar-refractivity contribution in [2.45, 2.75) is 39.5 Å². The lowest BCUT2D eigenvalue weighted by Crippen LogP contribution is -2.49. The number of anilines is 1. The molecule has 0 atom stereocenters. The van der Waals surface area contributed by atoms with E-state index in [0.717, 1.165) is 40.4 Å². The van der Waals surface area contributed by atoms with Gasteiger partial charge in [-0.1, -0.05) is 0 Å². The summed E-state index contributed by atoms with van der Waals surface area (Å²) in [5.41, 5.74) is 4.25. The number of halogens is 3. The molecule has 0 spiro atoms. The summed E-state index contributed by atoms with van der Waals surface area (Å²) in [6, 6.07) is 0. The van der Waals surface area contributed by atoms with E-state index in [1.54, 1.807) is 4.90 Å². The molecule has 1 amide bonds. The largest absolute Gasteiger partial charge is 0.419 e. The molecule has 0 radical (unpaired) electrons. The summed E-state index contributed by atoms with van der Waals surface area (Å²) >= 11 is 0. The average Bonchev–Trinajstić information content (AvgIpc) is 3.35. The first-order chi connectivity index (χ1) is 14.7. The minimum atomic E-state index is -4.45. The van der Waals surface area contributed by atoms with Crippen molar-refractivity contribution in [3.05, 3.63) is 46.7 Å². The van der Waals surface area contributed by atoms with E-state index in [1.165, 1.54) is 6.33 Å². The molecule has 0 saturated carbocycles. The molecular formula is C20H20F3N7O. The maximum absolute atomic E-state index is 12.9. The number of hydrogen-bond acceptors (Lipinski definition) is 6. The predicted octanol–water partition coefficient (Wildman–Crippen LogP) is 2.52. The Kier molecular flexibility index (Phi) is 4.38. The van der Waals surface area contributed by atoms with Gasteiger partial charge in [-0.05, 0) is 25.0 Å². The number of carbonyl (C=O) groups excluding carboxylic acids is 1. The van der Waals surface area contributed by atoms with Gasteiger partial charge in [0.1, 0.15) is 6.33 Å². The van der Waals surface area contributed by atoms with Crippen LogP contribution in [0.5, 0.6) is 0 Å². The summed E-state index contributed by atoms with van der Waals surface area (Å²) in [6.07, 6.45) is -0.967. The molecule has 2 aliphatic rings. The minimum Gasteiger partial charge on any atom is -0.340 e. The first kappa shape index (κ1) is 19.7. The van der Waals surface area contributed by atoms with Crippen molar-refractivity contribution in [3.8, 4) is 0 Å². The summed E-state index contributed by atoms with van der Waals surface area (Å²) in [4.78, 5) is 28.5. The van der Waals surface area contributed by atoms with Crippen LogP contribution in [0, 0.1) is 19.8 Å². The Bertz CT molecular complexity index is 1170. The Labute approximate surface area is 175 Å². The molecule has 0 unspecified atom stereocenters. The molecule has 11 heteroatoms. The summed E-state index contributed by atoms with van der Waals surface area (Å²) in [5, 5.41) is 4.28. The number of aryl methyl sites for hydroxylation is 1. The second-order valence-electron chi connectivity index (χ2n) is 8.16. The molecule has 162 valence electrons. The van der Waals surface area contributed by atoms with Crippen molar-refractivity contribution in [1.29, 1.82) is 0 Å². The van der Waals surface area contributed by atoms with Crippen LogP contribution >= 0.6 is 0 Å². The van der Waals surface area contributed by atoms with Crippen LogP contribution in [0.2, 0.25) is 0 Å². The van der Waals surface area contributed by atoms with Crippen LogP contribution in [0.15, 0.2) is 18.7 Å². The smallest absolute Gasteiger partial charge is 0.340 e. The van der Waals surface area contributed by atoms with Crippen LogP contribution in [0.3, 0.4) is 0 Å². The van der Waals surface area contributed by atoms with Crippen molar-refractivity contribution < 1.29 is 18.0 Å². The van der Waals surface area contributed by atoms with Gasteiger partial charge in [0, 0.05) is 55.6 Å². The van der Waals surface area contributed by atoms with E-state index in [1.807, 2.05) is 23.3 Å². The van der Waals surface area contributed by atoms with Gasteiger partial charge >= 0.3 is 6.18 Å². The normalized spacial score (nSPS) is 16.7. The number of fused-ring (bicyclic) bond motifs is 3. The van der Waals surface area contributed by atoms with Gasteiger partial charge in [-0.3, -0.25) is 4.79 Å². The van der Waals surface area contributed by atoms with E-state index < -0.39 is 11.7 Å². The van der Waals surface area contributed by atoms with Crippen molar-refractivity contribution in [2.24, 2.45) is 5.92 Å². The van der Waals surface area contributed by atoms with Crippen molar-refractivity contribution in [3.63, 3.8) is 0 Å². The molecule has 5 rings (SSSR count). The first-order valence-corrected chi connectivity index (χ1v) is 9.95. The molecule has 31 heavy (non-hydrogen) atoms. The Morgan fingerprint density at radius 2 is 1.77 bits per heavy atom. The fourth-order valence-corrected chi connectivity index (χ4v) is 4.29. The van der Waals surface area contributed by atoms with E-state index >= 15 is 0 Å². The van der Waals surface area contributed by atoms with Gasteiger partial charge < -0.3 is 9.80 Å². The molecule has 0 N–H and O–H groups in total. The lowest BCUT2D eigenvalue weighted by molar-refractivity contribution is -0.138. The molecule has 0 bridgehead atoms. The maximum Gasteiger partial charge on any atom is 0.419 e. The van der Waals surface area contributed by atoms with Crippen LogP contribution < -0.4 is 4.90 Å². The van der Waals surface area contributed by atoms with Crippen LogP contribution in [0.25, 0.3) is 5.65 Å². The van der Waals surface area contributed by atoms with E-state index in [-0.39, 0.29) is 17.8 Å². The molecule has 0 aliphatic carbocycles. The van der Waals surface area contributed by atoms with E-state index in [0.29, 0.717) is 32.6 Å². The van der Waals surface area contributed by atoms with Crippen LogP contribution in [-0.4, -0.2) is 48.5 Å². The van der Waals surface area contributed by atoms with Crippen molar-refractivity contribution in [2.75, 3.05) is 18.0 Å². The fourth-order valence-electron chi connectivity index (χ4n) is 4.29. The van der Waals surface area contributed by atoms with Crippen LogP contribution in [0.1, 0.15) is 34.4 Å². The van der Waals surface area contributed by atoms with Crippen molar-refractivity contribution >= 4 is 17.5 Å². The molecule has 5 heterocycles. The fraction of sp³-hybridized carbons (Fsp3) is 0.450. The highest BCUT2D eigenvalue weighted by atomic mass is 19.4. The molecular weight excluding hydrogens is 411 g/mol. The number of hydrogen-bond donors (Lipinski definition) is 0. The predicted molar refractivity (Wildman–Crippen MR) is 104 cm³/mol. The Morgan fingerprint density at radius 1 is 1.10 bits per heavy atom. The molecule has 1 saturated heterocycles. The zero-order chi connectivity index (χ0) is 21.9. The monoisotopic (exact) mass is 431 g/mol. The standard InChI is InChI=1S/C20H20F3N7O/c1-11-12(2)30-18(26-10-27-30)16-9-28(8-15(11)16)17(31)3-13-6-29(7-13)19-24-4-14(5-25-19)20(21,22)23/h4-5,10,13H,3,6-9H2,1-2H3. The third-order valence-corrected chi connectivity index (χ3v) is 6.21. The SMILES string of the molecule is Cc1c2c(c3ncnn3c1C)CN(C(=O)CC1CN(c3ncc(C(F)(F)F)cn3)C1)C2. The summed E-state index contributed by atoms with van der Waals surface area (Å²) in [6.45, 7) is 6.19. The quantitative estimate of drug-likeness (QED) is 0.634. The number of pyridine rings is 1. The molecule has 8 nitrogen and oxygen atoms in total. The maximum atomic E-state index is 12.9. The second kappa shape index (κ2) is 6.89. The van der Waals surface area contributed by atoms with E-state index in [9.17, 15) is 18.0 Å². The molecule has 3 aromatic rings. The number of rotatable bonds is 3. The van der Waals surface area contributed by atoms with Gasteiger partial charge in [0.2, 0.25) is 11.9 Å². The van der Waals surface area contributed by atoms with E-state index in [2.05, 4.69) is 20.1 Å². The topological polar surface area (TPSA) is 79.5 Å². The number of nitrogens with zero attached hydrogens (tertiary/aromatic N) is 7. The highest BCUT2D eigenvalue weighted by molar-refractivity contribution is 5.78. The lowest BCUT2D eigenvalue weighted by Gasteiger charge is -2.39. The van der Waals surface area contributed by atoms with Gasteiger partial charge in [-0.15, -0.1) is 0 Å². The van der Waals surface area contributed by atoms with Crippen LogP contribution in [0.4, 0.5) is 19.1 Å². The Balaban J connectivity index is 1.21. The highest BCUT2D eigenvalue weighted by Crippen LogP contribution is 2.33. The van der Waals surface area contributed by atoms with Gasteiger partial charge in [-0.25, -0.2) is 19.5 Å². The van der Waals surface area contributed by atoms with Gasteiger partial charge in [0.05, 0.1) is 12.1 Å². The minimum absolute atomic E-state index is 0.0592. The zero-order valence-electron chi connectivity index (χ0n) is 17.0. The van der Waals surface area contributed by atoms with Crippen LogP contribution in [-0.2, 0) is 24.1 Å². The molecule has 1 fully saturated rings. The Hall–Kier alpha value is -3.24. The molecule has 3 aromatic heterocycles. The molecule has 0 aromatic carbocycles. The summed E-state index contributed by atoms with van der Waals surface area (Å²) in [7, 11) is 0. The second-order valence-corrected chi connectivity index (χ2v) is 8.16. The van der Waals surface area contributed by atoms with Gasteiger partial charge in [0.15, 0.2) is 5.65 Å². The highest BCUT2D eigenvalue weighted by Gasteiger charge is 2.36. The summed E-state index contributed by atoms with van der Waals surface area (Å²) in [5.74, 6) is 0.438. The third-order valence-electron chi connectivity index (χ3n) is 6.21. The number of aromatic nitrogens is 5. The first-order valence-electron chi connectivity index (χ1n) is 9.95. The van der Waals surface area contributed by atoms with Crippen molar-refractivity contribution in [1.82, 2.24) is 29.5 Å². The summed E-state index contributed by atoms with van der Waals surface area (Å²) < 4.78 is 39.7. The number of carbonyl (C=O) groups is 1. The lowest BCUT2D eigenvalue weighted by atomic mass is 9.96. The third kappa shape index (κ3) is 3.28. The van der Waals surface area contributed by atoms with E-state index in [4.69, 9.17) is 0 Å². The Morgan fingerprint density at radius 3 is 2.45 bits per heavy atom. The van der Waals surface area contributed by atoms with Gasteiger partial charge in [-0.2, -0.15) is 18.3 Å².